The van der Waals surface area contributed by atoms with E-state index in [-0.39, 0.29) is 24.8 Å². The van der Waals surface area contributed by atoms with Gasteiger partial charge in [0, 0.05) is 0 Å². The van der Waals surface area contributed by atoms with Crippen LogP contribution in [0.1, 0.15) is 26.7 Å². The van der Waals surface area contributed by atoms with E-state index in [0.29, 0.717) is 15.4 Å². The van der Waals surface area contributed by atoms with Crippen molar-refractivity contribution in [3.63, 3.8) is 0 Å². The summed E-state index contributed by atoms with van der Waals surface area (Å²) in [7, 11) is 0. The van der Waals surface area contributed by atoms with Crippen LogP contribution in [0.3, 0.4) is 0 Å². The topological polar surface area (TPSA) is 0 Å². The van der Waals surface area contributed by atoms with E-state index in [1.54, 1.807) is 10.5 Å². The van der Waals surface area contributed by atoms with Gasteiger partial charge in [0.15, 0.2) is 0 Å². The maximum Gasteiger partial charge on any atom is -0.147 e. The van der Waals surface area contributed by atoms with Crippen molar-refractivity contribution in [2.45, 2.75) is 37.2 Å². The Bertz CT molecular complexity index is 30.2. The van der Waals surface area contributed by atoms with Crippen LogP contribution in [-0.2, 0) is 0 Å². The molecule has 0 aromatic carbocycles. The molecule has 0 unspecified atom stereocenters. The van der Waals surface area contributed by atoms with E-state index in [1.807, 2.05) is 0 Å². The standard InChI is InChI=1S/C6H14Ge.2ClH/c1-3-5-7-6-4-2;;/h3-6H2,1-2H3;2*1H. The molecule has 0 atom stereocenters. The van der Waals surface area contributed by atoms with Crippen molar-refractivity contribution in [1.82, 2.24) is 0 Å². The molecular weight excluding hydrogens is 216 g/mol. The largest absolute Gasteiger partial charge is 0.147 e. The SMILES string of the molecule is CC[CH2][Ge][CH2]CC.Cl.Cl. The maximum absolute atomic E-state index is 2.28. The van der Waals surface area contributed by atoms with Crippen LogP contribution in [-0.4, -0.2) is 15.4 Å². The van der Waals surface area contributed by atoms with E-state index in [9.17, 15) is 0 Å². The van der Waals surface area contributed by atoms with Crippen LogP contribution in [0.15, 0.2) is 0 Å². The Kier molecular flexibility index (Phi) is 29.6. The van der Waals surface area contributed by atoms with Gasteiger partial charge in [0.1, 0.15) is 0 Å². The molecule has 0 amide bonds. The summed E-state index contributed by atoms with van der Waals surface area (Å²) >= 11 is 0.514. The molecule has 0 aromatic heterocycles. The van der Waals surface area contributed by atoms with Gasteiger partial charge in [-0.25, -0.2) is 0 Å². The molecule has 3 heteroatoms. The van der Waals surface area contributed by atoms with E-state index in [1.165, 1.54) is 12.8 Å². The van der Waals surface area contributed by atoms with Gasteiger partial charge < -0.3 is 0 Å². The third kappa shape index (κ3) is 17.6. The van der Waals surface area contributed by atoms with Gasteiger partial charge in [-0.3, -0.25) is 0 Å². The molecule has 0 aliphatic rings. The molecule has 9 heavy (non-hydrogen) atoms. The molecule has 58 valence electrons. The van der Waals surface area contributed by atoms with Crippen LogP contribution in [0.25, 0.3) is 0 Å². The minimum Gasteiger partial charge on any atom is -0.147 e. The van der Waals surface area contributed by atoms with Gasteiger partial charge in [-0.15, -0.1) is 24.8 Å². The molecular formula is C6H16Cl2Ge. The summed E-state index contributed by atoms with van der Waals surface area (Å²) in [5, 5.41) is 3.10. The summed E-state index contributed by atoms with van der Waals surface area (Å²) in [6, 6.07) is 0. The predicted octanol–water partition coefficient (Wildman–Crippen LogP) is 3.19. The number of hydrogen-bond acceptors (Lipinski definition) is 0. The first kappa shape index (κ1) is 16.6. The molecule has 0 fully saturated rings. The average Bonchev–Trinajstić information content (AvgIpc) is 1.69. The molecule has 2 radical (unpaired) electrons. The van der Waals surface area contributed by atoms with Crippen LogP contribution < -0.4 is 0 Å². The second kappa shape index (κ2) is 16.1. The molecule has 0 aromatic rings. The van der Waals surface area contributed by atoms with Gasteiger partial charge in [-0.1, -0.05) is 0 Å². The normalized spacial score (nSPS) is 7.33. The molecule has 0 spiro atoms. The summed E-state index contributed by atoms with van der Waals surface area (Å²) in [4.78, 5) is 0. The van der Waals surface area contributed by atoms with Gasteiger partial charge in [0.25, 0.3) is 0 Å². The molecule has 0 N–H and O–H groups in total. The molecule has 0 heterocycles. The zero-order valence-electron chi connectivity index (χ0n) is 6.14. The van der Waals surface area contributed by atoms with Gasteiger partial charge >= 0.3 is 52.6 Å². The van der Waals surface area contributed by atoms with Gasteiger partial charge in [-0.05, 0) is 0 Å². The fraction of sp³-hybridized carbons (Fsp3) is 1.00. The molecule has 0 rings (SSSR count). The van der Waals surface area contributed by atoms with E-state index in [2.05, 4.69) is 13.8 Å². The Morgan fingerprint density at radius 1 is 0.889 bits per heavy atom. The first-order valence-electron chi connectivity index (χ1n) is 3.12. The van der Waals surface area contributed by atoms with Crippen LogP contribution in [0.5, 0.6) is 0 Å². The van der Waals surface area contributed by atoms with E-state index < -0.39 is 0 Å². The minimum absolute atomic E-state index is 0. The quantitative estimate of drug-likeness (QED) is 0.515. The van der Waals surface area contributed by atoms with Crippen molar-refractivity contribution in [2.75, 3.05) is 0 Å². The number of halogens is 2. The third-order valence-electron chi connectivity index (χ3n) is 0.854. The van der Waals surface area contributed by atoms with Gasteiger partial charge in [-0.2, -0.15) is 0 Å². The molecule has 0 saturated heterocycles. The smallest absolute Gasteiger partial charge is 0.147 e. The van der Waals surface area contributed by atoms with Crippen molar-refractivity contribution in [3.05, 3.63) is 0 Å². The fourth-order valence-corrected chi connectivity index (χ4v) is 2.49. The monoisotopic (exact) mass is 232 g/mol. The van der Waals surface area contributed by atoms with Gasteiger partial charge in [0.05, 0.1) is 0 Å². The molecule has 0 aliphatic heterocycles. The van der Waals surface area contributed by atoms with Gasteiger partial charge in [0.2, 0.25) is 0 Å². The second-order valence-electron chi connectivity index (χ2n) is 1.75. The molecule has 0 bridgehead atoms. The van der Waals surface area contributed by atoms with E-state index >= 15 is 0 Å². The Balaban J connectivity index is -0.000000180. The van der Waals surface area contributed by atoms with Crippen LogP contribution in [0.4, 0.5) is 0 Å². The van der Waals surface area contributed by atoms with E-state index in [4.69, 9.17) is 0 Å². The Labute approximate surface area is 77.5 Å². The fourth-order valence-electron chi connectivity index (χ4n) is 0.479. The molecule has 0 nitrogen and oxygen atoms in total. The van der Waals surface area contributed by atoms with Crippen molar-refractivity contribution >= 4 is 40.2 Å². The zero-order chi connectivity index (χ0) is 5.54. The predicted molar refractivity (Wildman–Crippen MR) is 50.4 cm³/mol. The summed E-state index contributed by atoms with van der Waals surface area (Å²) in [6.45, 7) is 4.55. The molecule has 0 saturated carbocycles. The van der Waals surface area contributed by atoms with Crippen molar-refractivity contribution in [3.8, 4) is 0 Å². The summed E-state index contributed by atoms with van der Waals surface area (Å²) < 4.78 is 0. The first-order valence-corrected chi connectivity index (χ1v) is 6.09. The van der Waals surface area contributed by atoms with Crippen LogP contribution in [0, 0.1) is 0 Å². The van der Waals surface area contributed by atoms with Crippen molar-refractivity contribution in [2.24, 2.45) is 0 Å². The second-order valence-corrected chi connectivity index (χ2v) is 4.90. The first-order chi connectivity index (χ1) is 3.41. The third-order valence-corrected chi connectivity index (χ3v) is 4.44. The Morgan fingerprint density at radius 3 is 1.44 bits per heavy atom. The zero-order valence-corrected chi connectivity index (χ0v) is 9.88. The Hall–Kier alpha value is 1.12. The minimum atomic E-state index is 0. The van der Waals surface area contributed by atoms with Crippen molar-refractivity contribution in [1.29, 1.82) is 0 Å². The summed E-state index contributed by atoms with van der Waals surface area (Å²) in [5.74, 6) is 0. The summed E-state index contributed by atoms with van der Waals surface area (Å²) in [6.07, 6.45) is 2.83. The maximum atomic E-state index is 2.28. The average molecular weight is 232 g/mol. The number of hydrogen-bond donors (Lipinski definition) is 0. The molecule has 0 aliphatic carbocycles. The summed E-state index contributed by atoms with van der Waals surface area (Å²) in [5.41, 5.74) is 0. The Morgan fingerprint density at radius 2 is 1.22 bits per heavy atom. The van der Waals surface area contributed by atoms with E-state index in [0.717, 1.165) is 0 Å². The number of rotatable bonds is 4. The van der Waals surface area contributed by atoms with Crippen molar-refractivity contribution < 1.29 is 0 Å². The van der Waals surface area contributed by atoms with Crippen LogP contribution in [0.2, 0.25) is 10.5 Å². The van der Waals surface area contributed by atoms with Crippen LogP contribution >= 0.6 is 24.8 Å².